The van der Waals surface area contributed by atoms with E-state index in [0.29, 0.717) is 0 Å². The second kappa shape index (κ2) is 8.68. The lowest BCUT2D eigenvalue weighted by Crippen LogP contribution is -1.88. The molecule has 2 heterocycles. The third-order valence-corrected chi connectivity index (χ3v) is 7.73. The molecule has 0 atom stereocenters. The topological polar surface area (TPSA) is 26.0 Å². The quantitative estimate of drug-likeness (QED) is 0.227. The van der Waals surface area contributed by atoms with Crippen LogP contribution in [0.4, 0.5) is 0 Å². The first-order valence-corrected chi connectivity index (χ1v) is 13.2. The van der Waals surface area contributed by atoms with E-state index in [0.717, 1.165) is 49.5 Å². The highest BCUT2D eigenvalue weighted by atomic mass is 16.3. The molecule has 0 amide bonds. The van der Waals surface area contributed by atoms with Crippen LogP contribution < -0.4 is 0 Å². The fourth-order valence-electron chi connectivity index (χ4n) is 5.89. The van der Waals surface area contributed by atoms with Gasteiger partial charge in [0.15, 0.2) is 0 Å². The first-order chi connectivity index (χ1) is 19.3. The van der Waals surface area contributed by atoms with E-state index < -0.39 is 0 Å². The van der Waals surface area contributed by atoms with Crippen molar-refractivity contribution in [1.29, 1.82) is 0 Å². The van der Waals surface area contributed by atoms with Crippen molar-refractivity contribution < 1.29 is 4.42 Å². The molecule has 0 spiro atoms. The summed E-state index contributed by atoms with van der Waals surface area (Å²) < 4.78 is 6.60. The van der Waals surface area contributed by atoms with Gasteiger partial charge in [-0.1, -0.05) is 115 Å². The second-order valence-electron chi connectivity index (χ2n) is 9.95. The summed E-state index contributed by atoms with van der Waals surface area (Å²) in [5.74, 6) is 0. The Bertz CT molecular complexity index is 2160. The highest BCUT2D eigenvalue weighted by molar-refractivity contribution is 6.21. The first kappa shape index (κ1) is 21.8. The van der Waals surface area contributed by atoms with E-state index in [1.807, 2.05) is 24.4 Å². The number of aromatic nitrogens is 1. The van der Waals surface area contributed by atoms with Crippen LogP contribution in [0.1, 0.15) is 0 Å². The van der Waals surface area contributed by atoms with Crippen LogP contribution in [-0.2, 0) is 0 Å². The number of para-hydroxylation sites is 1. The molecule has 0 fully saturated rings. The molecule has 39 heavy (non-hydrogen) atoms. The maximum atomic E-state index is 6.60. The Morgan fingerprint density at radius 2 is 1.13 bits per heavy atom. The molecular formula is C37H23NO. The Morgan fingerprint density at radius 1 is 0.436 bits per heavy atom. The maximum Gasteiger partial charge on any atom is 0.143 e. The fourth-order valence-corrected chi connectivity index (χ4v) is 5.89. The molecule has 8 aromatic rings. The Balaban J connectivity index is 1.40. The van der Waals surface area contributed by atoms with Gasteiger partial charge in [0.1, 0.15) is 11.2 Å². The van der Waals surface area contributed by atoms with E-state index in [4.69, 9.17) is 9.40 Å². The van der Waals surface area contributed by atoms with Crippen LogP contribution in [0.25, 0.3) is 77.0 Å². The molecule has 8 rings (SSSR count). The summed E-state index contributed by atoms with van der Waals surface area (Å²) in [6.07, 6.45) is 1.88. The third-order valence-electron chi connectivity index (χ3n) is 7.73. The van der Waals surface area contributed by atoms with Crippen molar-refractivity contribution in [2.45, 2.75) is 0 Å². The number of fused-ring (bicyclic) bond motifs is 6. The lowest BCUT2D eigenvalue weighted by molar-refractivity contribution is 0.670. The minimum Gasteiger partial charge on any atom is -0.455 e. The molecule has 0 unspecified atom stereocenters. The Labute approximate surface area is 225 Å². The normalized spacial score (nSPS) is 11.6. The summed E-state index contributed by atoms with van der Waals surface area (Å²) >= 11 is 0. The van der Waals surface area contributed by atoms with Crippen LogP contribution in [0, 0.1) is 0 Å². The van der Waals surface area contributed by atoms with Crippen molar-refractivity contribution in [3.63, 3.8) is 0 Å². The molecule has 0 bridgehead atoms. The average Bonchev–Trinajstić information content (AvgIpc) is 3.41. The van der Waals surface area contributed by atoms with Gasteiger partial charge in [0, 0.05) is 33.3 Å². The Kier molecular flexibility index (Phi) is 4.86. The minimum atomic E-state index is 0.894. The maximum absolute atomic E-state index is 6.60. The number of rotatable bonds is 3. The van der Waals surface area contributed by atoms with Crippen molar-refractivity contribution in [2.75, 3.05) is 0 Å². The van der Waals surface area contributed by atoms with Crippen LogP contribution in [0.5, 0.6) is 0 Å². The molecule has 0 aliphatic rings. The summed E-state index contributed by atoms with van der Waals surface area (Å²) in [6.45, 7) is 0. The largest absolute Gasteiger partial charge is 0.455 e. The molecule has 2 aromatic heterocycles. The van der Waals surface area contributed by atoms with Crippen molar-refractivity contribution in [1.82, 2.24) is 4.98 Å². The second-order valence-corrected chi connectivity index (χ2v) is 9.95. The zero-order valence-electron chi connectivity index (χ0n) is 21.1. The van der Waals surface area contributed by atoms with E-state index in [9.17, 15) is 0 Å². The summed E-state index contributed by atoms with van der Waals surface area (Å²) in [4.78, 5) is 4.80. The van der Waals surface area contributed by atoms with Gasteiger partial charge in [0.25, 0.3) is 0 Å². The SMILES string of the molecule is c1ccc(-c2ccc(-c3ccc(-c4cccc5ccc6cccnc6c45)c4c3oc3ccccc34)cc2)cc1. The molecule has 0 aliphatic heterocycles. The van der Waals surface area contributed by atoms with Crippen LogP contribution in [0.2, 0.25) is 0 Å². The summed E-state index contributed by atoms with van der Waals surface area (Å²) in [5.41, 5.74) is 9.78. The molecule has 0 aliphatic carbocycles. The summed E-state index contributed by atoms with van der Waals surface area (Å²) in [6, 6.07) is 47.0. The zero-order chi connectivity index (χ0) is 25.8. The smallest absolute Gasteiger partial charge is 0.143 e. The standard InChI is InChI=1S/C37H23NO/c1-2-8-24(9-3-1)25-15-17-26(18-16-25)29-21-22-31(35-32-12-4-5-14-33(32)39-37(29)35)30-13-6-10-27-19-20-28-11-7-23-38-36(28)34(27)30/h1-23H. The predicted octanol–water partition coefficient (Wildman–Crippen LogP) is 10.3. The van der Waals surface area contributed by atoms with E-state index in [1.165, 1.54) is 27.5 Å². The molecular weight excluding hydrogens is 474 g/mol. The molecule has 182 valence electrons. The van der Waals surface area contributed by atoms with Gasteiger partial charge >= 0.3 is 0 Å². The number of hydrogen-bond donors (Lipinski definition) is 0. The lowest BCUT2D eigenvalue weighted by atomic mass is 9.90. The predicted molar refractivity (Wildman–Crippen MR) is 163 cm³/mol. The molecule has 0 saturated heterocycles. The van der Waals surface area contributed by atoms with E-state index >= 15 is 0 Å². The minimum absolute atomic E-state index is 0.894. The van der Waals surface area contributed by atoms with Gasteiger partial charge in [-0.05, 0) is 51.4 Å². The van der Waals surface area contributed by atoms with Crippen LogP contribution in [-0.4, -0.2) is 4.98 Å². The third kappa shape index (κ3) is 3.46. The van der Waals surface area contributed by atoms with Crippen LogP contribution in [0.3, 0.4) is 0 Å². The van der Waals surface area contributed by atoms with Gasteiger partial charge in [0.2, 0.25) is 0 Å². The van der Waals surface area contributed by atoms with Crippen molar-refractivity contribution in [3.8, 4) is 33.4 Å². The highest BCUT2D eigenvalue weighted by Gasteiger charge is 2.19. The molecule has 0 radical (unpaired) electrons. The van der Waals surface area contributed by atoms with Crippen LogP contribution >= 0.6 is 0 Å². The van der Waals surface area contributed by atoms with Crippen molar-refractivity contribution in [2.24, 2.45) is 0 Å². The Morgan fingerprint density at radius 3 is 2.03 bits per heavy atom. The monoisotopic (exact) mass is 497 g/mol. The Hall–Kier alpha value is -5.21. The molecule has 2 heteroatoms. The number of pyridine rings is 1. The molecule has 0 saturated carbocycles. The van der Waals surface area contributed by atoms with Gasteiger partial charge in [-0.2, -0.15) is 0 Å². The number of hydrogen-bond acceptors (Lipinski definition) is 2. The van der Waals surface area contributed by atoms with Gasteiger partial charge in [-0.15, -0.1) is 0 Å². The van der Waals surface area contributed by atoms with E-state index in [2.05, 4.69) is 115 Å². The first-order valence-electron chi connectivity index (χ1n) is 13.2. The molecule has 0 N–H and O–H groups in total. The molecule has 6 aromatic carbocycles. The average molecular weight is 498 g/mol. The van der Waals surface area contributed by atoms with E-state index in [-0.39, 0.29) is 0 Å². The van der Waals surface area contributed by atoms with Gasteiger partial charge in [-0.25, -0.2) is 0 Å². The summed E-state index contributed by atoms with van der Waals surface area (Å²) in [5, 5.41) is 5.74. The fraction of sp³-hybridized carbons (Fsp3) is 0. The zero-order valence-corrected chi connectivity index (χ0v) is 21.1. The molecule has 2 nitrogen and oxygen atoms in total. The number of nitrogens with zero attached hydrogens (tertiary/aromatic N) is 1. The number of furan rings is 1. The number of benzene rings is 6. The lowest BCUT2D eigenvalue weighted by Gasteiger charge is -2.13. The van der Waals surface area contributed by atoms with E-state index in [1.54, 1.807) is 0 Å². The highest BCUT2D eigenvalue weighted by Crippen LogP contribution is 2.44. The van der Waals surface area contributed by atoms with Crippen molar-refractivity contribution >= 4 is 43.6 Å². The van der Waals surface area contributed by atoms with Gasteiger partial charge in [0.05, 0.1) is 5.52 Å². The summed E-state index contributed by atoms with van der Waals surface area (Å²) in [7, 11) is 0. The van der Waals surface area contributed by atoms with Crippen molar-refractivity contribution in [3.05, 3.63) is 140 Å². The van der Waals surface area contributed by atoms with Crippen LogP contribution in [0.15, 0.2) is 144 Å². The van der Waals surface area contributed by atoms with Gasteiger partial charge in [-0.3, -0.25) is 4.98 Å². The van der Waals surface area contributed by atoms with Gasteiger partial charge < -0.3 is 4.42 Å².